The molecule has 0 atom stereocenters. The fraction of sp³-hybridized carbons (Fsp3) is 0.0732. The molecule has 0 saturated carbocycles. The summed E-state index contributed by atoms with van der Waals surface area (Å²) < 4.78 is 18.3. The van der Waals surface area contributed by atoms with Crippen molar-refractivity contribution in [2.75, 3.05) is 0 Å². The van der Waals surface area contributed by atoms with Gasteiger partial charge in [0, 0.05) is 57.4 Å². The Morgan fingerprint density at radius 3 is 2.32 bits per heavy atom. The van der Waals surface area contributed by atoms with Gasteiger partial charge in [-0.25, -0.2) is 9.97 Å². The highest BCUT2D eigenvalue weighted by Crippen LogP contribution is 2.56. The largest absolute Gasteiger partial charge is 0.457 e. The molecule has 6 nitrogen and oxygen atoms in total. The number of hydrogen-bond acceptors (Lipinski definition) is 4. The van der Waals surface area contributed by atoms with Gasteiger partial charge in [-0.15, -0.1) is 0 Å². The molecule has 6 heteroatoms. The van der Waals surface area contributed by atoms with Crippen LogP contribution in [0.5, 0.6) is 23.0 Å². The first-order chi connectivity index (χ1) is 23.1. The molecule has 10 rings (SSSR count). The lowest BCUT2D eigenvalue weighted by atomic mass is 9.74. The minimum Gasteiger partial charge on any atom is -0.457 e. The van der Waals surface area contributed by atoms with Crippen molar-refractivity contribution in [3.8, 4) is 28.8 Å². The lowest BCUT2D eigenvalue weighted by Crippen LogP contribution is -2.25. The van der Waals surface area contributed by atoms with Crippen LogP contribution >= 0.6 is 0 Å². The number of hydrogen-bond donors (Lipinski definition) is 0. The van der Waals surface area contributed by atoms with Gasteiger partial charge in [0.1, 0.15) is 34.5 Å². The molecule has 1 aliphatic heterocycles. The minimum absolute atomic E-state index is 0.411. The van der Waals surface area contributed by atoms with Gasteiger partial charge in [-0.2, -0.15) is 0 Å². The highest BCUT2D eigenvalue weighted by molar-refractivity contribution is 6.14. The van der Waals surface area contributed by atoms with E-state index in [0.29, 0.717) is 0 Å². The summed E-state index contributed by atoms with van der Waals surface area (Å²) in [6.07, 6.45) is 5.70. The molecule has 0 unspecified atom stereocenters. The van der Waals surface area contributed by atoms with Crippen molar-refractivity contribution >= 4 is 49.1 Å². The van der Waals surface area contributed by atoms with Crippen LogP contribution in [0.2, 0.25) is 0 Å². The predicted octanol–water partition coefficient (Wildman–Crippen LogP) is 10.4. The summed E-state index contributed by atoms with van der Waals surface area (Å²) in [6.45, 7) is 4.51. The summed E-state index contributed by atoms with van der Waals surface area (Å²) in [5.41, 5.74) is 5.77. The molecule has 9 aromatic rings. The molecule has 0 radical (unpaired) electrons. The van der Waals surface area contributed by atoms with Gasteiger partial charge in [0.15, 0.2) is 0 Å². The third-order valence-electron chi connectivity index (χ3n) is 9.71. The molecule has 0 fully saturated rings. The predicted molar refractivity (Wildman–Crippen MR) is 187 cm³/mol. The van der Waals surface area contributed by atoms with Crippen molar-refractivity contribution < 1.29 is 9.47 Å². The fourth-order valence-electron chi connectivity index (χ4n) is 7.63. The quantitative estimate of drug-likeness (QED) is 0.187. The number of fused-ring (bicyclic) bond motifs is 12. The number of benzene rings is 5. The van der Waals surface area contributed by atoms with Gasteiger partial charge in [0.2, 0.25) is 0 Å². The van der Waals surface area contributed by atoms with Gasteiger partial charge < -0.3 is 9.47 Å². The van der Waals surface area contributed by atoms with E-state index in [4.69, 9.17) is 19.4 Å². The second-order valence-corrected chi connectivity index (χ2v) is 12.7. The normalized spacial score (nSPS) is 13.7. The Morgan fingerprint density at radius 2 is 1.45 bits per heavy atom. The van der Waals surface area contributed by atoms with Crippen molar-refractivity contribution in [1.82, 2.24) is 18.9 Å². The van der Waals surface area contributed by atoms with E-state index in [1.54, 1.807) is 0 Å². The molecule has 0 bridgehead atoms. The van der Waals surface area contributed by atoms with Crippen LogP contribution in [0.3, 0.4) is 0 Å². The van der Waals surface area contributed by atoms with Crippen molar-refractivity contribution in [2.45, 2.75) is 19.3 Å². The average molecular weight is 609 g/mol. The first-order valence-corrected chi connectivity index (χ1v) is 15.8. The molecule has 5 aromatic carbocycles. The van der Waals surface area contributed by atoms with Gasteiger partial charge in [0.05, 0.1) is 21.9 Å². The molecule has 0 amide bonds. The van der Waals surface area contributed by atoms with Gasteiger partial charge in [-0.1, -0.05) is 74.5 Å². The van der Waals surface area contributed by atoms with Crippen LogP contribution < -0.4 is 9.47 Å². The van der Waals surface area contributed by atoms with Crippen LogP contribution in [-0.2, 0) is 5.41 Å². The van der Waals surface area contributed by atoms with E-state index in [1.807, 2.05) is 42.9 Å². The zero-order valence-corrected chi connectivity index (χ0v) is 25.8. The summed E-state index contributed by atoms with van der Waals surface area (Å²) in [7, 11) is 0. The van der Waals surface area contributed by atoms with Crippen molar-refractivity contribution in [1.29, 1.82) is 0 Å². The summed E-state index contributed by atoms with van der Waals surface area (Å²) in [4.78, 5) is 9.52. The zero-order valence-electron chi connectivity index (χ0n) is 25.8. The number of ether oxygens (including phenoxy) is 2. The topological polar surface area (TPSA) is 53.6 Å². The van der Waals surface area contributed by atoms with E-state index in [2.05, 4.69) is 114 Å². The van der Waals surface area contributed by atoms with Gasteiger partial charge in [-0.05, 0) is 53.9 Å². The van der Waals surface area contributed by atoms with Crippen LogP contribution in [-0.4, -0.2) is 18.9 Å². The van der Waals surface area contributed by atoms with Crippen molar-refractivity contribution in [3.05, 3.63) is 145 Å². The second kappa shape index (κ2) is 9.44. The maximum atomic E-state index is 7.02. The maximum Gasteiger partial charge on any atom is 0.145 e. The average Bonchev–Trinajstić information content (AvgIpc) is 3.73. The lowest BCUT2D eigenvalue weighted by molar-refractivity contribution is 0.400. The molecule has 4 aromatic heterocycles. The standard InChI is InChI=1S/C41H28N4O2/c1-41(2)30-13-5-8-16-34(30)47-39-37-28-12-4-7-15-32(28)45(36-17-9-10-20-42-36)33(37)24-35(38(39)41)46-25-18-19-26-27-11-3-6-14-31(27)44-22-21-43-40(44)29(26)23-25/h3-24H,1-2H3. The Morgan fingerprint density at radius 1 is 0.660 bits per heavy atom. The molecule has 1 aliphatic rings. The Labute approximate surface area is 270 Å². The van der Waals surface area contributed by atoms with Gasteiger partial charge >= 0.3 is 0 Å². The van der Waals surface area contributed by atoms with Crippen LogP contribution in [0.25, 0.3) is 54.9 Å². The third-order valence-corrected chi connectivity index (χ3v) is 9.71. The van der Waals surface area contributed by atoms with E-state index in [-0.39, 0.29) is 0 Å². The molecular weight excluding hydrogens is 580 g/mol. The first-order valence-electron chi connectivity index (χ1n) is 15.8. The Balaban J connectivity index is 1.28. The maximum absolute atomic E-state index is 7.02. The highest BCUT2D eigenvalue weighted by atomic mass is 16.5. The Kier molecular flexibility index (Phi) is 5.24. The van der Waals surface area contributed by atoms with Crippen LogP contribution in [0.4, 0.5) is 0 Å². The Hall–Kier alpha value is -6.14. The van der Waals surface area contributed by atoms with E-state index < -0.39 is 5.41 Å². The highest BCUT2D eigenvalue weighted by Gasteiger charge is 2.39. The molecule has 0 spiro atoms. The van der Waals surface area contributed by atoms with Crippen molar-refractivity contribution in [2.24, 2.45) is 0 Å². The third kappa shape index (κ3) is 3.61. The van der Waals surface area contributed by atoms with Crippen LogP contribution in [0.15, 0.2) is 134 Å². The molecule has 0 aliphatic carbocycles. The number of para-hydroxylation sites is 3. The minimum atomic E-state index is -0.411. The van der Waals surface area contributed by atoms with Crippen LogP contribution in [0.1, 0.15) is 25.0 Å². The molecule has 224 valence electrons. The monoisotopic (exact) mass is 608 g/mol. The number of pyridine rings is 2. The smallest absolute Gasteiger partial charge is 0.145 e. The molecule has 0 saturated heterocycles. The summed E-state index contributed by atoms with van der Waals surface area (Å²) in [6, 6.07) is 39.7. The number of aromatic nitrogens is 4. The zero-order chi connectivity index (χ0) is 31.3. The summed E-state index contributed by atoms with van der Waals surface area (Å²) in [5, 5.41) is 5.48. The number of imidazole rings is 1. The second-order valence-electron chi connectivity index (χ2n) is 12.7. The van der Waals surface area contributed by atoms with E-state index >= 15 is 0 Å². The summed E-state index contributed by atoms with van der Waals surface area (Å²) >= 11 is 0. The molecule has 47 heavy (non-hydrogen) atoms. The van der Waals surface area contributed by atoms with E-state index in [1.165, 1.54) is 5.39 Å². The lowest BCUT2D eigenvalue weighted by Gasteiger charge is -2.36. The molecule has 5 heterocycles. The van der Waals surface area contributed by atoms with Crippen molar-refractivity contribution in [3.63, 3.8) is 0 Å². The van der Waals surface area contributed by atoms with E-state index in [0.717, 1.165) is 83.7 Å². The number of nitrogens with zero attached hydrogens (tertiary/aromatic N) is 4. The summed E-state index contributed by atoms with van der Waals surface area (Å²) in [5.74, 6) is 3.98. The van der Waals surface area contributed by atoms with E-state index in [9.17, 15) is 0 Å². The molecular formula is C41H28N4O2. The number of rotatable bonds is 3. The van der Waals surface area contributed by atoms with Gasteiger partial charge in [-0.3, -0.25) is 8.97 Å². The Bertz CT molecular complexity index is 2720. The first kappa shape index (κ1) is 26.1. The fourth-order valence-corrected chi connectivity index (χ4v) is 7.63. The van der Waals surface area contributed by atoms with Gasteiger partial charge in [0.25, 0.3) is 0 Å². The van der Waals surface area contributed by atoms with Crippen LogP contribution in [0, 0.1) is 0 Å². The molecule has 0 N–H and O–H groups in total. The SMILES string of the molecule is CC1(C)c2ccccc2Oc2c1c(Oc1ccc3c4ccccc4n4ccnc4c3c1)cc1c2c2ccccc2n1-c1ccccn1.